The molecule has 0 spiro atoms. The molecule has 0 aromatic heterocycles. The lowest BCUT2D eigenvalue weighted by Gasteiger charge is -2.38. The summed E-state index contributed by atoms with van der Waals surface area (Å²) in [4.78, 5) is 25.8. The number of allylic oxidation sites excluding steroid dienone is 2. The van der Waals surface area contributed by atoms with Crippen LogP contribution in [0, 0.1) is 5.41 Å². The van der Waals surface area contributed by atoms with Crippen LogP contribution < -0.4 is 19.9 Å². The van der Waals surface area contributed by atoms with E-state index in [9.17, 15) is 9.59 Å². The third-order valence-corrected chi connectivity index (χ3v) is 5.40. The van der Waals surface area contributed by atoms with Crippen LogP contribution in [-0.2, 0) is 19.1 Å². The van der Waals surface area contributed by atoms with Gasteiger partial charge in [-0.15, -0.1) is 0 Å². The largest absolute Gasteiger partial charge is 0.496 e. The van der Waals surface area contributed by atoms with Gasteiger partial charge >= 0.3 is 5.97 Å². The number of carbonyl (C=O) groups excluding carboxylic acids is 2. The Morgan fingerprint density at radius 3 is 2.52 bits per heavy atom. The zero-order chi connectivity index (χ0) is 20.9. The average molecular weight is 401 g/mol. The van der Waals surface area contributed by atoms with Crippen LogP contribution in [0.5, 0.6) is 17.2 Å². The fourth-order valence-electron chi connectivity index (χ4n) is 4.15. The van der Waals surface area contributed by atoms with E-state index in [0.717, 1.165) is 0 Å². The number of carbonyl (C=O) groups is 2. The molecule has 154 valence electrons. The molecule has 29 heavy (non-hydrogen) atoms. The number of methoxy groups -OCH3 is 2. The van der Waals surface area contributed by atoms with Crippen molar-refractivity contribution in [1.82, 2.24) is 0 Å². The van der Waals surface area contributed by atoms with Gasteiger partial charge in [-0.05, 0) is 11.5 Å². The van der Waals surface area contributed by atoms with Crippen molar-refractivity contribution in [2.75, 3.05) is 21.0 Å². The van der Waals surface area contributed by atoms with Crippen LogP contribution in [0.1, 0.15) is 38.2 Å². The van der Waals surface area contributed by atoms with E-state index in [1.807, 2.05) is 13.8 Å². The number of ether oxygens (including phenoxy) is 5. The molecule has 1 atom stereocenters. The molecule has 8 heteroatoms. The van der Waals surface area contributed by atoms with Crippen molar-refractivity contribution in [3.05, 3.63) is 40.5 Å². The summed E-state index contributed by atoms with van der Waals surface area (Å²) in [6.07, 6.45) is 0.847. The van der Waals surface area contributed by atoms with Crippen molar-refractivity contribution in [2.45, 2.75) is 32.6 Å². The summed E-state index contributed by atoms with van der Waals surface area (Å²) < 4.78 is 27.2. The quantitative estimate of drug-likeness (QED) is 0.770. The smallest absolute Gasteiger partial charge is 0.340 e. The average Bonchev–Trinajstić information content (AvgIpc) is 3.11. The lowest BCUT2D eigenvalue weighted by Crippen LogP contribution is -2.35. The van der Waals surface area contributed by atoms with Gasteiger partial charge in [0.15, 0.2) is 17.3 Å². The molecular weight excluding hydrogens is 378 g/mol. The van der Waals surface area contributed by atoms with E-state index in [1.54, 1.807) is 12.1 Å². The summed E-state index contributed by atoms with van der Waals surface area (Å²) >= 11 is 0. The zero-order valence-electron chi connectivity index (χ0n) is 16.8. The van der Waals surface area contributed by atoms with E-state index in [4.69, 9.17) is 29.4 Å². The molecule has 0 saturated heterocycles. The lowest BCUT2D eigenvalue weighted by molar-refractivity contribution is -0.136. The fourth-order valence-corrected chi connectivity index (χ4v) is 4.15. The van der Waals surface area contributed by atoms with Gasteiger partial charge in [0.1, 0.15) is 17.1 Å². The predicted octanol–water partition coefficient (Wildman–Crippen LogP) is 2.52. The van der Waals surface area contributed by atoms with Crippen LogP contribution in [0.15, 0.2) is 34.9 Å². The minimum absolute atomic E-state index is 0.0662. The number of benzene rings is 1. The molecule has 1 aromatic rings. The van der Waals surface area contributed by atoms with Crippen LogP contribution in [-0.4, -0.2) is 32.8 Å². The standard InChI is InChI=1S/C21H23NO7/c1-21(2)7-11(23)17-15(8-21)29-19(22)18(20(24)26-4)16(17)10-5-13-14(28-9-27-13)6-12(10)25-3/h5-6,16H,7-9,22H2,1-4H3. The van der Waals surface area contributed by atoms with Gasteiger partial charge in [0.05, 0.1) is 20.1 Å². The highest BCUT2D eigenvalue weighted by molar-refractivity contribution is 6.03. The van der Waals surface area contributed by atoms with Crippen molar-refractivity contribution in [2.24, 2.45) is 11.1 Å². The zero-order valence-corrected chi connectivity index (χ0v) is 16.8. The predicted molar refractivity (Wildman–Crippen MR) is 101 cm³/mol. The van der Waals surface area contributed by atoms with E-state index < -0.39 is 11.9 Å². The van der Waals surface area contributed by atoms with Gasteiger partial charge in [-0.1, -0.05) is 13.8 Å². The molecule has 0 amide bonds. The van der Waals surface area contributed by atoms with Gasteiger partial charge in [0, 0.05) is 30.0 Å². The van der Waals surface area contributed by atoms with Crippen LogP contribution in [0.3, 0.4) is 0 Å². The van der Waals surface area contributed by atoms with Gasteiger partial charge in [-0.3, -0.25) is 4.79 Å². The Balaban J connectivity index is 1.96. The molecular formula is C21H23NO7. The topological polar surface area (TPSA) is 106 Å². The summed E-state index contributed by atoms with van der Waals surface area (Å²) in [5.74, 6) is 0.303. The minimum atomic E-state index is -0.792. The molecule has 2 heterocycles. The fraction of sp³-hybridized carbons (Fsp3) is 0.429. The molecule has 3 aliphatic rings. The van der Waals surface area contributed by atoms with Gasteiger partial charge < -0.3 is 29.4 Å². The first-order valence-corrected chi connectivity index (χ1v) is 9.25. The van der Waals surface area contributed by atoms with Gasteiger partial charge in [0.25, 0.3) is 0 Å². The summed E-state index contributed by atoms with van der Waals surface area (Å²) in [5.41, 5.74) is 6.89. The SMILES string of the molecule is COC(=O)C1=C(N)OC2=C(C(=O)CC(C)(C)C2)C1c1cc2c(cc1OC)OCO2. The summed E-state index contributed by atoms with van der Waals surface area (Å²) in [5, 5.41) is 0. The van der Waals surface area contributed by atoms with Crippen LogP contribution in [0.25, 0.3) is 0 Å². The number of fused-ring (bicyclic) bond motifs is 1. The van der Waals surface area contributed by atoms with Gasteiger partial charge in [-0.25, -0.2) is 4.79 Å². The second-order valence-electron chi connectivity index (χ2n) is 8.03. The first kappa shape index (κ1) is 19.2. The van der Waals surface area contributed by atoms with Crippen LogP contribution in [0.2, 0.25) is 0 Å². The molecule has 0 radical (unpaired) electrons. The first-order valence-electron chi connectivity index (χ1n) is 9.25. The van der Waals surface area contributed by atoms with E-state index in [0.29, 0.717) is 47.0 Å². The molecule has 4 rings (SSSR count). The molecule has 8 nitrogen and oxygen atoms in total. The third-order valence-electron chi connectivity index (χ3n) is 5.40. The molecule has 1 unspecified atom stereocenters. The number of hydrogen-bond acceptors (Lipinski definition) is 8. The Bertz CT molecular complexity index is 973. The summed E-state index contributed by atoms with van der Waals surface area (Å²) in [6.45, 7) is 4.06. The molecule has 1 aliphatic carbocycles. The number of ketones is 1. The highest BCUT2D eigenvalue weighted by atomic mass is 16.7. The summed E-state index contributed by atoms with van der Waals surface area (Å²) in [7, 11) is 2.76. The molecule has 0 fully saturated rings. The Kier molecular flexibility index (Phi) is 4.44. The summed E-state index contributed by atoms with van der Waals surface area (Å²) in [6, 6.07) is 3.39. The highest BCUT2D eigenvalue weighted by Crippen LogP contribution is 2.51. The minimum Gasteiger partial charge on any atom is -0.496 e. The first-order chi connectivity index (χ1) is 13.8. The van der Waals surface area contributed by atoms with E-state index >= 15 is 0 Å². The van der Waals surface area contributed by atoms with Gasteiger partial charge in [0.2, 0.25) is 12.7 Å². The Hall–Kier alpha value is -3.16. The number of hydrogen-bond donors (Lipinski definition) is 1. The second-order valence-corrected chi connectivity index (χ2v) is 8.03. The number of esters is 1. The van der Waals surface area contributed by atoms with Crippen molar-refractivity contribution in [3.8, 4) is 17.2 Å². The monoisotopic (exact) mass is 401 g/mol. The van der Waals surface area contributed by atoms with Crippen molar-refractivity contribution >= 4 is 11.8 Å². The maximum Gasteiger partial charge on any atom is 0.340 e. The van der Waals surface area contributed by atoms with E-state index in [2.05, 4.69) is 0 Å². The Morgan fingerprint density at radius 2 is 1.86 bits per heavy atom. The third kappa shape index (κ3) is 3.08. The highest BCUT2D eigenvalue weighted by Gasteiger charge is 2.46. The van der Waals surface area contributed by atoms with Crippen molar-refractivity contribution < 1.29 is 33.3 Å². The second kappa shape index (κ2) is 6.72. The van der Waals surface area contributed by atoms with Crippen molar-refractivity contribution in [3.63, 3.8) is 0 Å². The lowest BCUT2D eigenvalue weighted by atomic mass is 9.70. The van der Waals surface area contributed by atoms with E-state index in [1.165, 1.54) is 14.2 Å². The maximum absolute atomic E-state index is 13.2. The molecule has 1 aromatic carbocycles. The maximum atomic E-state index is 13.2. The molecule has 2 N–H and O–H groups in total. The van der Waals surface area contributed by atoms with Gasteiger partial charge in [-0.2, -0.15) is 0 Å². The Morgan fingerprint density at radius 1 is 1.17 bits per heavy atom. The normalized spacial score (nSPS) is 22.2. The molecule has 2 aliphatic heterocycles. The number of Topliss-reactive ketones (excluding diaryl/α,β-unsaturated/α-hetero) is 1. The number of nitrogens with two attached hydrogens (primary N) is 1. The van der Waals surface area contributed by atoms with Crippen molar-refractivity contribution in [1.29, 1.82) is 0 Å². The molecule has 0 saturated carbocycles. The number of rotatable bonds is 3. The Labute approximate surface area is 168 Å². The van der Waals surface area contributed by atoms with Crippen LogP contribution >= 0.6 is 0 Å². The van der Waals surface area contributed by atoms with Crippen LogP contribution in [0.4, 0.5) is 0 Å². The van der Waals surface area contributed by atoms with E-state index in [-0.39, 0.29) is 29.4 Å². The molecule has 0 bridgehead atoms.